The average Bonchev–Trinajstić information content (AvgIpc) is 2.42. The number of hydrogen-bond donors (Lipinski definition) is 1. The van der Waals surface area contributed by atoms with E-state index in [9.17, 15) is 19.3 Å². The predicted octanol–water partition coefficient (Wildman–Crippen LogP) is 3.29. The van der Waals surface area contributed by atoms with E-state index in [4.69, 9.17) is 0 Å². The molecule has 0 unspecified atom stereocenters. The van der Waals surface area contributed by atoms with E-state index in [-0.39, 0.29) is 11.5 Å². The van der Waals surface area contributed by atoms with Gasteiger partial charge < -0.3 is 5.32 Å². The lowest BCUT2D eigenvalue weighted by Crippen LogP contribution is -2.12. The highest BCUT2D eigenvalue weighted by Crippen LogP contribution is 2.18. The number of anilines is 1. The number of nitrogens with zero attached hydrogens (tertiary/aromatic N) is 1. The van der Waals surface area contributed by atoms with Gasteiger partial charge in [-0.05, 0) is 42.8 Å². The zero-order chi connectivity index (χ0) is 14.7. The molecule has 6 heteroatoms. The van der Waals surface area contributed by atoms with Crippen LogP contribution in [0.3, 0.4) is 0 Å². The Bertz CT molecular complexity index is 669. The summed E-state index contributed by atoms with van der Waals surface area (Å²) in [6.45, 7) is 1.68. The quantitative estimate of drug-likeness (QED) is 0.689. The van der Waals surface area contributed by atoms with Crippen molar-refractivity contribution in [3.8, 4) is 0 Å². The molecule has 0 heterocycles. The Morgan fingerprint density at radius 3 is 2.40 bits per heavy atom. The van der Waals surface area contributed by atoms with Gasteiger partial charge >= 0.3 is 0 Å². The minimum atomic E-state index is -0.536. The number of aryl methyl sites for hydroxylation is 1. The second-order valence-corrected chi connectivity index (χ2v) is 4.22. The molecule has 2 aromatic rings. The highest BCUT2D eigenvalue weighted by Gasteiger charge is 2.10. The van der Waals surface area contributed by atoms with Crippen LogP contribution in [0.15, 0.2) is 42.5 Å². The van der Waals surface area contributed by atoms with E-state index >= 15 is 0 Å². The molecule has 1 N–H and O–H groups in total. The van der Waals surface area contributed by atoms with E-state index in [2.05, 4.69) is 5.32 Å². The van der Waals surface area contributed by atoms with E-state index in [0.717, 1.165) is 0 Å². The number of hydrogen-bond acceptors (Lipinski definition) is 3. The molecule has 0 aliphatic heterocycles. The van der Waals surface area contributed by atoms with Crippen LogP contribution in [0.2, 0.25) is 0 Å². The third-order valence-corrected chi connectivity index (χ3v) is 2.78. The number of carbonyl (C=O) groups is 1. The van der Waals surface area contributed by atoms with Crippen molar-refractivity contribution in [1.29, 1.82) is 0 Å². The summed E-state index contributed by atoms with van der Waals surface area (Å²) in [6, 6.07) is 9.27. The Morgan fingerprint density at radius 1 is 1.20 bits per heavy atom. The number of nitrogens with one attached hydrogen (secondary N) is 1. The summed E-state index contributed by atoms with van der Waals surface area (Å²) in [5.41, 5.74) is 1.30. The summed E-state index contributed by atoms with van der Waals surface area (Å²) in [5.74, 6) is -0.787. The molecule has 2 rings (SSSR count). The molecule has 0 aromatic heterocycles. The van der Waals surface area contributed by atoms with Gasteiger partial charge in [-0.3, -0.25) is 14.9 Å². The maximum absolute atomic E-state index is 13.0. The number of amides is 1. The standard InChI is InChI=1S/C14H11FN2O3/c1-9-8-11(15)4-7-13(9)16-14(18)10-2-5-12(6-3-10)17(19)20/h2-8H,1H3,(H,16,18). The van der Waals surface area contributed by atoms with Crippen molar-refractivity contribution in [3.05, 3.63) is 69.5 Å². The third-order valence-electron chi connectivity index (χ3n) is 2.78. The maximum Gasteiger partial charge on any atom is 0.269 e. The zero-order valence-corrected chi connectivity index (χ0v) is 10.6. The first kappa shape index (κ1) is 13.7. The van der Waals surface area contributed by atoms with Crippen molar-refractivity contribution in [2.45, 2.75) is 6.92 Å². The van der Waals surface area contributed by atoms with Gasteiger partial charge in [0.05, 0.1) is 4.92 Å². The van der Waals surface area contributed by atoms with Gasteiger partial charge in [-0.15, -0.1) is 0 Å². The fraction of sp³-hybridized carbons (Fsp3) is 0.0714. The van der Waals surface area contributed by atoms with E-state index in [0.29, 0.717) is 16.8 Å². The van der Waals surface area contributed by atoms with Gasteiger partial charge in [-0.25, -0.2) is 4.39 Å². The fourth-order valence-corrected chi connectivity index (χ4v) is 1.70. The number of halogens is 1. The maximum atomic E-state index is 13.0. The molecule has 0 aliphatic rings. The Morgan fingerprint density at radius 2 is 1.85 bits per heavy atom. The Hall–Kier alpha value is -2.76. The zero-order valence-electron chi connectivity index (χ0n) is 10.6. The molecule has 0 radical (unpaired) electrons. The molecule has 102 valence electrons. The van der Waals surface area contributed by atoms with Gasteiger partial charge in [-0.2, -0.15) is 0 Å². The van der Waals surface area contributed by atoms with Gasteiger partial charge in [0.15, 0.2) is 0 Å². The summed E-state index contributed by atoms with van der Waals surface area (Å²) < 4.78 is 13.0. The lowest BCUT2D eigenvalue weighted by Gasteiger charge is -2.08. The van der Waals surface area contributed by atoms with Crippen molar-refractivity contribution in [2.75, 3.05) is 5.32 Å². The normalized spacial score (nSPS) is 10.1. The van der Waals surface area contributed by atoms with Crippen LogP contribution in [0.5, 0.6) is 0 Å². The molecule has 20 heavy (non-hydrogen) atoms. The monoisotopic (exact) mass is 274 g/mol. The Labute approximate surface area is 114 Å². The number of carbonyl (C=O) groups excluding carboxylic acids is 1. The van der Waals surface area contributed by atoms with Crippen LogP contribution in [-0.2, 0) is 0 Å². The number of nitro groups is 1. The van der Waals surface area contributed by atoms with Gasteiger partial charge in [0, 0.05) is 23.4 Å². The minimum absolute atomic E-state index is 0.0838. The molecule has 2 aromatic carbocycles. The molecule has 0 bridgehead atoms. The Balaban J connectivity index is 2.17. The number of non-ortho nitro benzene ring substituents is 1. The van der Waals surface area contributed by atoms with Crippen LogP contribution in [0, 0.1) is 22.9 Å². The molecule has 0 aliphatic carbocycles. The van der Waals surface area contributed by atoms with Crippen molar-refractivity contribution in [3.63, 3.8) is 0 Å². The summed E-state index contributed by atoms with van der Waals surface area (Å²) in [7, 11) is 0. The largest absolute Gasteiger partial charge is 0.322 e. The first-order chi connectivity index (χ1) is 9.47. The summed E-state index contributed by atoms with van der Waals surface area (Å²) in [6.07, 6.45) is 0. The smallest absolute Gasteiger partial charge is 0.269 e. The Kier molecular flexibility index (Phi) is 3.74. The molecule has 0 saturated carbocycles. The number of nitro benzene ring substituents is 1. The lowest BCUT2D eigenvalue weighted by atomic mass is 10.1. The molecular weight excluding hydrogens is 263 g/mol. The summed E-state index contributed by atoms with van der Waals surface area (Å²) in [4.78, 5) is 21.9. The van der Waals surface area contributed by atoms with E-state index in [1.165, 1.54) is 42.5 Å². The SMILES string of the molecule is Cc1cc(F)ccc1NC(=O)c1ccc([N+](=O)[O-])cc1. The molecule has 0 atom stereocenters. The third kappa shape index (κ3) is 2.97. The molecule has 1 amide bonds. The number of rotatable bonds is 3. The van der Waals surface area contributed by atoms with E-state index < -0.39 is 10.8 Å². The van der Waals surface area contributed by atoms with Crippen molar-refractivity contribution >= 4 is 17.3 Å². The average molecular weight is 274 g/mol. The van der Waals surface area contributed by atoms with Crippen LogP contribution in [0.1, 0.15) is 15.9 Å². The van der Waals surface area contributed by atoms with Crippen molar-refractivity contribution < 1.29 is 14.1 Å². The molecular formula is C14H11FN2O3. The lowest BCUT2D eigenvalue weighted by molar-refractivity contribution is -0.384. The van der Waals surface area contributed by atoms with Crippen LogP contribution in [0.25, 0.3) is 0 Å². The van der Waals surface area contributed by atoms with Crippen LogP contribution in [-0.4, -0.2) is 10.8 Å². The second kappa shape index (κ2) is 5.48. The highest BCUT2D eigenvalue weighted by molar-refractivity contribution is 6.04. The number of benzene rings is 2. The van der Waals surface area contributed by atoms with Crippen LogP contribution >= 0.6 is 0 Å². The van der Waals surface area contributed by atoms with E-state index in [1.807, 2.05) is 0 Å². The van der Waals surface area contributed by atoms with Crippen molar-refractivity contribution in [1.82, 2.24) is 0 Å². The van der Waals surface area contributed by atoms with Gasteiger partial charge in [0.2, 0.25) is 0 Å². The van der Waals surface area contributed by atoms with Crippen LogP contribution < -0.4 is 5.32 Å². The molecule has 0 saturated heterocycles. The molecule has 5 nitrogen and oxygen atoms in total. The van der Waals surface area contributed by atoms with Gasteiger partial charge in [-0.1, -0.05) is 0 Å². The predicted molar refractivity (Wildman–Crippen MR) is 72.2 cm³/mol. The highest BCUT2D eigenvalue weighted by atomic mass is 19.1. The summed E-state index contributed by atoms with van der Waals surface area (Å²) in [5, 5.41) is 13.1. The molecule has 0 spiro atoms. The molecule has 0 fully saturated rings. The van der Waals surface area contributed by atoms with Crippen LogP contribution in [0.4, 0.5) is 15.8 Å². The van der Waals surface area contributed by atoms with E-state index in [1.54, 1.807) is 6.92 Å². The topological polar surface area (TPSA) is 72.2 Å². The van der Waals surface area contributed by atoms with Gasteiger partial charge in [0.25, 0.3) is 11.6 Å². The minimum Gasteiger partial charge on any atom is -0.322 e. The van der Waals surface area contributed by atoms with Gasteiger partial charge in [0.1, 0.15) is 5.82 Å². The summed E-state index contributed by atoms with van der Waals surface area (Å²) >= 11 is 0. The van der Waals surface area contributed by atoms with Crippen molar-refractivity contribution in [2.24, 2.45) is 0 Å². The second-order valence-electron chi connectivity index (χ2n) is 4.22. The first-order valence-electron chi connectivity index (χ1n) is 5.79. The first-order valence-corrected chi connectivity index (χ1v) is 5.79. The fourth-order valence-electron chi connectivity index (χ4n) is 1.70.